The molecule has 0 heterocycles. The molecule has 23 heavy (non-hydrogen) atoms. The molecule has 0 radical (unpaired) electrons. The number of nitrogens with one attached hydrogen (secondary N) is 1. The molecule has 0 aromatic heterocycles. The minimum Gasteiger partial charge on any atom is -0.353 e. The maximum atomic E-state index is 12.0. The number of carbonyl (C=O) groups is 1. The molecule has 2 rings (SSSR count). The van der Waals surface area contributed by atoms with Crippen LogP contribution in [-0.2, 0) is 14.8 Å². The smallest absolute Gasteiger partial charge is 0.232 e. The highest BCUT2D eigenvalue weighted by molar-refractivity contribution is 7.92. The van der Waals surface area contributed by atoms with E-state index in [1.807, 2.05) is 0 Å². The third-order valence-corrected chi connectivity index (χ3v) is 5.41. The van der Waals surface area contributed by atoms with E-state index in [2.05, 4.69) is 5.32 Å². The quantitative estimate of drug-likeness (QED) is 0.814. The molecule has 1 saturated carbocycles. The number of rotatable bonds is 7. The van der Waals surface area contributed by atoms with Crippen molar-refractivity contribution in [2.24, 2.45) is 0 Å². The average molecular weight is 359 g/mol. The van der Waals surface area contributed by atoms with E-state index in [4.69, 9.17) is 11.6 Å². The molecule has 0 aliphatic heterocycles. The van der Waals surface area contributed by atoms with Gasteiger partial charge < -0.3 is 5.32 Å². The molecule has 1 amide bonds. The highest BCUT2D eigenvalue weighted by Gasteiger charge is 2.19. The predicted octanol–water partition coefficient (Wildman–Crippen LogP) is 2.95. The molecule has 1 aliphatic rings. The molecule has 0 spiro atoms. The first-order chi connectivity index (χ1) is 10.9. The van der Waals surface area contributed by atoms with Crippen LogP contribution in [0.25, 0.3) is 0 Å². The lowest BCUT2D eigenvalue weighted by atomic mass is 10.2. The molecule has 0 saturated heterocycles. The van der Waals surface area contributed by atoms with E-state index in [9.17, 15) is 13.2 Å². The number of benzene rings is 1. The Kier molecular flexibility index (Phi) is 6.30. The molecular formula is C16H23ClN2O3S. The SMILES string of the molecule is CS(=O)(=O)N(CCCC(=O)NC1CCCC1)c1cccc(Cl)c1. The van der Waals surface area contributed by atoms with Crippen molar-refractivity contribution in [3.8, 4) is 0 Å². The Morgan fingerprint density at radius 1 is 1.35 bits per heavy atom. The van der Waals surface area contributed by atoms with Gasteiger partial charge in [0.1, 0.15) is 0 Å². The molecule has 5 nitrogen and oxygen atoms in total. The number of hydrogen-bond acceptors (Lipinski definition) is 3. The first kappa shape index (κ1) is 18.1. The lowest BCUT2D eigenvalue weighted by Gasteiger charge is -2.22. The molecule has 0 atom stereocenters. The van der Waals surface area contributed by atoms with Crippen molar-refractivity contribution in [3.63, 3.8) is 0 Å². The van der Waals surface area contributed by atoms with Gasteiger partial charge in [-0.25, -0.2) is 8.42 Å². The van der Waals surface area contributed by atoms with E-state index >= 15 is 0 Å². The van der Waals surface area contributed by atoms with Crippen molar-refractivity contribution >= 4 is 33.2 Å². The topological polar surface area (TPSA) is 66.5 Å². The lowest BCUT2D eigenvalue weighted by Crippen LogP contribution is -2.34. The largest absolute Gasteiger partial charge is 0.353 e. The Labute approximate surface area is 143 Å². The molecular weight excluding hydrogens is 336 g/mol. The second-order valence-corrected chi connectivity index (χ2v) is 8.31. The Morgan fingerprint density at radius 3 is 2.65 bits per heavy atom. The minimum absolute atomic E-state index is 0.00329. The van der Waals surface area contributed by atoms with Crippen LogP contribution in [0, 0.1) is 0 Å². The second kappa shape index (κ2) is 8.02. The maximum Gasteiger partial charge on any atom is 0.232 e. The van der Waals surface area contributed by atoms with E-state index in [-0.39, 0.29) is 12.5 Å². The van der Waals surface area contributed by atoms with Crippen LogP contribution in [0.15, 0.2) is 24.3 Å². The number of hydrogen-bond donors (Lipinski definition) is 1. The van der Waals surface area contributed by atoms with Gasteiger partial charge in [-0.05, 0) is 37.5 Å². The van der Waals surface area contributed by atoms with Crippen LogP contribution in [0.1, 0.15) is 38.5 Å². The van der Waals surface area contributed by atoms with Gasteiger partial charge in [-0.15, -0.1) is 0 Å². The summed E-state index contributed by atoms with van der Waals surface area (Å²) in [5, 5.41) is 3.49. The summed E-state index contributed by atoms with van der Waals surface area (Å²) in [6.07, 6.45) is 6.38. The first-order valence-corrected chi connectivity index (χ1v) is 10.1. The van der Waals surface area contributed by atoms with Crippen LogP contribution < -0.4 is 9.62 Å². The van der Waals surface area contributed by atoms with Crippen molar-refractivity contribution in [2.75, 3.05) is 17.1 Å². The summed E-state index contributed by atoms with van der Waals surface area (Å²) in [7, 11) is -3.41. The summed E-state index contributed by atoms with van der Waals surface area (Å²) in [4.78, 5) is 11.9. The van der Waals surface area contributed by atoms with Gasteiger partial charge >= 0.3 is 0 Å². The van der Waals surface area contributed by atoms with Crippen molar-refractivity contribution < 1.29 is 13.2 Å². The maximum absolute atomic E-state index is 12.0. The summed E-state index contributed by atoms with van der Waals surface area (Å²) in [5.74, 6) is -0.00329. The number of halogens is 1. The summed E-state index contributed by atoms with van der Waals surface area (Å²) in [5.41, 5.74) is 0.524. The zero-order chi connectivity index (χ0) is 16.9. The minimum atomic E-state index is -3.41. The molecule has 1 aromatic rings. The molecule has 0 bridgehead atoms. The molecule has 1 aliphatic carbocycles. The molecule has 128 valence electrons. The van der Waals surface area contributed by atoms with Crippen LogP contribution in [-0.4, -0.2) is 33.2 Å². The Bertz CT molecular complexity index is 642. The zero-order valence-electron chi connectivity index (χ0n) is 13.3. The van der Waals surface area contributed by atoms with Crippen LogP contribution in [0.3, 0.4) is 0 Å². The van der Waals surface area contributed by atoms with Crippen LogP contribution in [0.5, 0.6) is 0 Å². The molecule has 1 N–H and O–H groups in total. The standard InChI is InChI=1S/C16H23ClN2O3S/c1-23(21,22)19(15-9-4-6-13(17)12-15)11-5-10-16(20)18-14-7-2-3-8-14/h4,6,9,12,14H,2-3,5,7-8,10-11H2,1H3,(H,18,20). The number of nitrogens with zero attached hydrogens (tertiary/aromatic N) is 1. The Balaban J connectivity index is 1.90. The predicted molar refractivity (Wildman–Crippen MR) is 93.3 cm³/mol. The van der Waals surface area contributed by atoms with Crippen LogP contribution in [0.4, 0.5) is 5.69 Å². The highest BCUT2D eigenvalue weighted by Crippen LogP contribution is 2.22. The van der Waals surface area contributed by atoms with Crippen molar-refractivity contribution in [1.82, 2.24) is 5.32 Å². The number of amides is 1. The fourth-order valence-electron chi connectivity index (χ4n) is 2.87. The fourth-order valence-corrected chi connectivity index (χ4v) is 4.01. The van der Waals surface area contributed by atoms with E-state index < -0.39 is 10.0 Å². The Morgan fingerprint density at radius 2 is 2.04 bits per heavy atom. The van der Waals surface area contributed by atoms with Gasteiger partial charge in [-0.3, -0.25) is 9.10 Å². The van der Waals surface area contributed by atoms with Crippen molar-refractivity contribution in [3.05, 3.63) is 29.3 Å². The van der Waals surface area contributed by atoms with E-state index in [0.717, 1.165) is 19.1 Å². The summed E-state index contributed by atoms with van der Waals surface area (Å²) >= 11 is 5.93. The van der Waals surface area contributed by atoms with E-state index in [1.165, 1.54) is 17.1 Å². The van der Waals surface area contributed by atoms with Gasteiger partial charge in [0, 0.05) is 24.0 Å². The second-order valence-electron chi connectivity index (χ2n) is 5.97. The third-order valence-electron chi connectivity index (χ3n) is 3.98. The number of anilines is 1. The van der Waals surface area contributed by atoms with Crippen LogP contribution >= 0.6 is 11.6 Å². The first-order valence-electron chi connectivity index (χ1n) is 7.89. The van der Waals surface area contributed by atoms with E-state index in [1.54, 1.807) is 24.3 Å². The normalized spacial score (nSPS) is 15.6. The van der Waals surface area contributed by atoms with Crippen LogP contribution in [0.2, 0.25) is 5.02 Å². The Hall–Kier alpha value is -1.27. The molecule has 1 fully saturated rings. The number of carbonyl (C=O) groups excluding carboxylic acids is 1. The van der Waals surface area contributed by atoms with Gasteiger partial charge in [0.05, 0.1) is 11.9 Å². The van der Waals surface area contributed by atoms with Gasteiger partial charge in [-0.2, -0.15) is 0 Å². The molecule has 0 unspecified atom stereocenters. The van der Waals surface area contributed by atoms with Gasteiger partial charge in [0.15, 0.2) is 0 Å². The van der Waals surface area contributed by atoms with Gasteiger partial charge in [0.25, 0.3) is 0 Å². The van der Waals surface area contributed by atoms with Gasteiger partial charge in [-0.1, -0.05) is 30.5 Å². The summed E-state index contributed by atoms with van der Waals surface area (Å²) in [6, 6.07) is 7.01. The summed E-state index contributed by atoms with van der Waals surface area (Å²) in [6.45, 7) is 0.261. The highest BCUT2D eigenvalue weighted by atomic mass is 35.5. The third kappa shape index (κ3) is 5.70. The van der Waals surface area contributed by atoms with E-state index in [0.29, 0.717) is 29.6 Å². The van der Waals surface area contributed by atoms with Crippen molar-refractivity contribution in [1.29, 1.82) is 0 Å². The molecule has 1 aromatic carbocycles. The molecule has 7 heteroatoms. The summed E-state index contributed by atoms with van der Waals surface area (Å²) < 4.78 is 25.3. The van der Waals surface area contributed by atoms with Gasteiger partial charge in [0.2, 0.25) is 15.9 Å². The average Bonchev–Trinajstić information content (AvgIpc) is 2.95. The number of sulfonamides is 1. The fraction of sp³-hybridized carbons (Fsp3) is 0.562. The lowest BCUT2D eigenvalue weighted by molar-refractivity contribution is -0.121. The zero-order valence-corrected chi connectivity index (χ0v) is 14.9. The monoisotopic (exact) mass is 358 g/mol. The van der Waals surface area contributed by atoms with Crippen molar-refractivity contribution in [2.45, 2.75) is 44.6 Å².